The molecule has 4 atom stereocenters. The molecule has 0 aromatic rings. The Labute approximate surface area is 150 Å². The second-order valence-electron chi connectivity index (χ2n) is 7.33. The molecule has 0 N–H and O–H groups in total. The first-order chi connectivity index (χ1) is 11.1. The van der Waals surface area contributed by atoms with E-state index in [-0.39, 0.29) is 4.75 Å². The van der Waals surface area contributed by atoms with Gasteiger partial charge >= 0.3 is 0 Å². The van der Waals surface area contributed by atoms with E-state index in [1.165, 1.54) is 4.91 Å². The molecule has 2 bridgehead atoms. The Balaban J connectivity index is 2.18. The number of hydrogen-bond acceptors (Lipinski definition) is 6. The monoisotopic (exact) mass is 358 g/mol. The highest BCUT2D eigenvalue weighted by molar-refractivity contribution is 8.05. The van der Waals surface area contributed by atoms with E-state index in [0.717, 1.165) is 16.7 Å². The van der Waals surface area contributed by atoms with Gasteiger partial charge in [0.1, 0.15) is 12.1 Å². The van der Waals surface area contributed by atoms with E-state index in [1.807, 2.05) is 20.8 Å². The Morgan fingerprint density at radius 1 is 0.958 bits per heavy atom. The Kier molecular flexibility index (Phi) is 2.93. The van der Waals surface area contributed by atoms with Gasteiger partial charge < -0.3 is 0 Å². The zero-order valence-corrected chi connectivity index (χ0v) is 16.2. The van der Waals surface area contributed by atoms with Gasteiger partial charge in [-0.2, -0.15) is 10.5 Å². The van der Waals surface area contributed by atoms with Crippen molar-refractivity contribution in [1.82, 2.24) is 0 Å². The number of rotatable bonds is 0. The average Bonchev–Trinajstić information content (AvgIpc) is 3.02. The van der Waals surface area contributed by atoms with Crippen LogP contribution in [0.15, 0.2) is 32.8 Å². The molecule has 24 heavy (non-hydrogen) atoms. The van der Waals surface area contributed by atoms with E-state index in [4.69, 9.17) is 9.78 Å². The molecule has 6 heteroatoms. The predicted molar refractivity (Wildman–Crippen MR) is 94.3 cm³/mol. The van der Waals surface area contributed by atoms with Crippen LogP contribution in [0.2, 0.25) is 0 Å². The topological polar surface area (TPSA) is 66.0 Å². The molecule has 4 unspecified atom stereocenters. The van der Waals surface area contributed by atoms with Gasteiger partial charge in [-0.25, -0.2) is 9.78 Å². The number of thioether (sulfide) groups is 2. The van der Waals surface area contributed by atoms with Crippen LogP contribution in [-0.4, -0.2) is 14.6 Å². The van der Waals surface area contributed by atoms with Crippen molar-refractivity contribution in [3.63, 3.8) is 0 Å². The third-order valence-electron chi connectivity index (χ3n) is 6.28. The molecule has 3 heterocycles. The molecular weight excluding hydrogens is 340 g/mol. The third kappa shape index (κ3) is 1.39. The third-order valence-corrected chi connectivity index (χ3v) is 9.44. The maximum atomic E-state index is 9.92. The van der Waals surface area contributed by atoms with Crippen molar-refractivity contribution < 1.29 is 9.78 Å². The van der Waals surface area contributed by atoms with E-state index in [9.17, 15) is 10.5 Å². The molecule has 124 valence electrons. The second-order valence-corrected chi connectivity index (χ2v) is 10.7. The number of nitriles is 2. The Hall–Kier alpha value is -1.18. The first kappa shape index (κ1) is 16.3. The lowest BCUT2D eigenvalue weighted by atomic mass is 9.57. The summed E-state index contributed by atoms with van der Waals surface area (Å²) in [5.74, 6) is 0. The lowest BCUT2D eigenvalue weighted by molar-refractivity contribution is -0.376. The Morgan fingerprint density at radius 3 is 2.17 bits per heavy atom. The van der Waals surface area contributed by atoms with Gasteiger partial charge in [-0.1, -0.05) is 18.7 Å². The highest BCUT2D eigenvalue weighted by Crippen LogP contribution is 2.79. The average molecular weight is 358 g/mol. The summed E-state index contributed by atoms with van der Waals surface area (Å²) in [6.07, 6.45) is 0. The zero-order chi connectivity index (χ0) is 17.7. The van der Waals surface area contributed by atoms with E-state index in [2.05, 4.69) is 32.9 Å². The SMILES string of the molecule is CC1=C(C)C2=C(C#N)C(C#N)=C3C4(C)OOC(C)(S4)C3(C)C2(C)S1. The minimum Gasteiger partial charge on any atom is -0.216 e. The molecular formula is C18H18N2O2S2. The van der Waals surface area contributed by atoms with Gasteiger partial charge in [0.05, 0.1) is 21.3 Å². The molecule has 0 aromatic carbocycles. The van der Waals surface area contributed by atoms with Crippen molar-refractivity contribution in [2.24, 2.45) is 5.41 Å². The van der Waals surface area contributed by atoms with Crippen LogP contribution >= 0.6 is 23.5 Å². The smallest absolute Gasteiger partial charge is 0.172 e. The summed E-state index contributed by atoms with van der Waals surface area (Å²) < 4.78 is -0.370. The van der Waals surface area contributed by atoms with Crippen LogP contribution in [0.4, 0.5) is 0 Å². The van der Waals surface area contributed by atoms with Gasteiger partial charge in [0.2, 0.25) is 0 Å². The van der Waals surface area contributed by atoms with Crippen LogP contribution in [-0.2, 0) is 9.78 Å². The van der Waals surface area contributed by atoms with Crippen molar-refractivity contribution in [2.45, 2.75) is 56.2 Å². The van der Waals surface area contributed by atoms with E-state index >= 15 is 0 Å². The number of fused-ring (bicyclic) bond motifs is 7. The molecule has 0 radical (unpaired) electrons. The molecule has 0 amide bonds. The first-order valence-electron chi connectivity index (χ1n) is 7.84. The van der Waals surface area contributed by atoms with Crippen LogP contribution in [0.3, 0.4) is 0 Å². The second kappa shape index (κ2) is 4.31. The van der Waals surface area contributed by atoms with Crippen LogP contribution in [0.5, 0.6) is 0 Å². The van der Waals surface area contributed by atoms with Crippen LogP contribution < -0.4 is 0 Å². The summed E-state index contributed by atoms with van der Waals surface area (Å²) in [7, 11) is 0. The normalized spacial score (nSPS) is 46.2. The predicted octanol–water partition coefficient (Wildman–Crippen LogP) is 4.59. The first-order valence-corrected chi connectivity index (χ1v) is 9.47. The summed E-state index contributed by atoms with van der Waals surface area (Å²) in [5.41, 5.74) is 3.49. The van der Waals surface area contributed by atoms with Crippen LogP contribution in [0.25, 0.3) is 0 Å². The summed E-state index contributed by atoms with van der Waals surface area (Å²) in [6, 6.07) is 4.63. The number of nitrogens with zero attached hydrogens (tertiary/aromatic N) is 2. The Morgan fingerprint density at radius 2 is 1.58 bits per heavy atom. The minimum absolute atomic E-state index is 0.370. The highest BCUT2D eigenvalue weighted by atomic mass is 32.2. The van der Waals surface area contributed by atoms with Gasteiger partial charge in [0.25, 0.3) is 0 Å². The highest BCUT2D eigenvalue weighted by Gasteiger charge is 2.78. The largest absolute Gasteiger partial charge is 0.216 e. The lowest BCUT2D eigenvalue weighted by Gasteiger charge is -2.54. The molecule has 4 rings (SSSR count). The zero-order valence-electron chi connectivity index (χ0n) is 14.5. The van der Waals surface area contributed by atoms with Gasteiger partial charge in [-0.15, -0.1) is 11.8 Å². The van der Waals surface area contributed by atoms with Crippen molar-refractivity contribution in [3.8, 4) is 12.1 Å². The van der Waals surface area contributed by atoms with Crippen molar-refractivity contribution in [2.75, 3.05) is 0 Å². The lowest BCUT2D eigenvalue weighted by Crippen LogP contribution is -2.58. The van der Waals surface area contributed by atoms with Crippen molar-refractivity contribution >= 4 is 23.5 Å². The molecule has 2 fully saturated rings. The molecule has 0 spiro atoms. The maximum absolute atomic E-state index is 9.92. The van der Waals surface area contributed by atoms with Gasteiger partial charge in [-0.3, -0.25) is 0 Å². The van der Waals surface area contributed by atoms with E-state index in [1.54, 1.807) is 23.5 Å². The quantitative estimate of drug-likeness (QED) is 0.590. The molecule has 0 aromatic heterocycles. The molecule has 1 aliphatic carbocycles. The summed E-state index contributed by atoms with van der Waals surface area (Å²) in [5, 5.41) is 19.8. The summed E-state index contributed by atoms with van der Waals surface area (Å²) >= 11 is 3.38. The fourth-order valence-electron chi connectivity index (χ4n) is 4.89. The molecule has 4 nitrogen and oxygen atoms in total. The Bertz CT molecular complexity index is 890. The van der Waals surface area contributed by atoms with Crippen molar-refractivity contribution in [1.29, 1.82) is 10.5 Å². The minimum atomic E-state index is -0.740. The van der Waals surface area contributed by atoms with E-state index in [0.29, 0.717) is 11.1 Å². The van der Waals surface area contributed by atoms with Gasteiger partial charge in [0.15, 0.2) is 9.87 Å². The molecule has 4 aliphatic rings. The number of allylic oxidation sites excluding steroid dienone is 4. The standard InChI is InChI=1S/C18H18N2O2S2/c1-9-10(2)23-16(4)13(9)11(7-19)12(8-20)14-15(16,3)18(6)22-21-17(14,5)24-18/h1-6H3. The fraction of sp³-hybridized carbons (Fsp3) is 0.556. The van der Waals surface area contributed by atoms with Crippen LogP contribution in [0.1, 0.15) is 41.5 Å². The molecule has 2 saturated heterocycles. The fourth-order valence-corrected chi connectivity index (χ4v) is 8.48. The summed E-state index contributed by atoms with van der Waals surface area (Å²) in [4.78, 5) is 11.3. The maximum Gasteiger partial charge on any atom is 0.172 e. The van der Waals surface area contributed by atoms with E-state index < -0.39 is 15.3 Å². The number of hydrogen-bond donors (Lipinski definition) is 0. The van der Waals surface area contributed by atoms with Gasteiger partial charge in [0, 0.05) is 5.57 Å². The van der Waals surface area contributed by atoms with Crippen LogP contribution in [0, 0.1) is 28.1 Å². The molecule has 0 saturated carbocycles. The van der Waals surface area contributed by atoms with Gasteiger partial charge in [-0.05, 0) is 50.7 Å². The molecule has 3 aliphatic heterocycles. The summed E-state index contributed by atoms with van der Waals surface area (Å²) in [6.45, 7) is 12.4. The van der Waals surface area contributed by atoms with Crippen molar-refractivity contribution in [3.05, 3.63) is 32.8 Å².